The van der Waals surface area contributed by atoms with E-state index in [2.05, 4.69) is 11.9 Å². The highest BCUT2D eigenvalue weighted by Gasteiger charge is 2.37. The Kier molecular flexibility index (Phi) is 9.06. The van der Waals surface area contributed by atoms with E-state index < -0.39 is 22.8 Å². The predicted molar refractivity (Wildman–Crippen MR) is 154 cm³/mol. The molecule has 4 amide bonds. The number of hydrogen-bond donors (Lipinski definition) is 1. The standard InChI is InChI=1S/C29H23Cl2N3O7/c1-3-5-19-12-18(14-25(40-4-2)26(19)41-16-17-6-8-20(9-7-17)34(38)39)13-22-27(35)32-29(37)33(28(22)36)21-10-11-23(30)24(31)15-21/h3,6-15H,1,4-5,16H2,2H3,(H,32,35,37)/b22-13+. The lowest BCUT2D eigenvalue weighted by Crippen LogP contribution is -2.54. The predicted octanol–water partition coefficient (Wildman–Crippen LogP) is 6.27. The molecule has 10 nitrogen and oxygen atoms in total. The van der Waals surface area contributed by atoms with Crippen molar-refractivity contribution >= 4 is 58.5 Å². The monoisotopic (exact) mass is 595 g/mol. The van der Waals surface area contributed by atoms with Gasteiger partial charge in [-0.2, -0.15) is 0 Å². The number of nitrogens with zero attached hydrogens (tertiary/aromatic N) is 2. The van der Waals surface area contributed by atoms with Gasteiger partial charge in [0.25, 0.3) is 17.5 Å². The molecule has 0 radical (unpaired) electrons. The van der Waals surface area contributed by atoms with Crippen molar-refractivity contribution in [3.63, 3.8) is 0 Å². The number of barbiturate groups is 1. The van der Waals surface area contributed by atoms with Gasteiger partial charge in [0.15, 0.2) is 11.5 Å². The maximum absolute atomic E-state index is 13.3. The molecule has 1 aliphatic rings. The van der Waals surface area contributed by atoms with E-state index >= 15 is 0 Å². The number of rotatable bonds is 10. The molecule has 210 valence electrons. The molecule has 12 heteroatoms. The zero-order valence-electron chi connectivity index (χ0n) is 21.7. The number of benzene rings is 3. The Morgan fingerprint density at radius 1 is 1.02 bits per heavy atom. The molecule has 1 heterocycles. The van der Waals surface area contributed by atoms with Gasteiger partial charge in [0, 0.05) is 17.7 Å². The maximum Gasteiger partial charge on any atom is 0.335 e. The van der Waals surface area contributed by atoms with Crippen molar-refractivity contribution in [3.8, 4) is 11.5 Å². The number of anilines is 1. The number of hydrogen-bond acceptors (Lipinski definition) is 7. The zero-order chi connectivity index (χ0) is 29.7. The smallest absolute Gasteiger partial charge is 0.335 e. The molecule has 1 aliphatic heterocycles. The lowest BCUT2D eigenvalue weighted by molar-refractivity contribution is -0.384. The fourth-order valence-corrected chi connectivity index (χ4v) is 4.35. The number of nitro groups is 1. The molecule has 0 aromatic heterocycles. The third kappa shape index (κ3) is 6.56. The van der Waals surface area contributed by atoms with Crippen LogP contribution in [0.3, 0.4) is 0 Å². The lowest BCUT2D eigenvalue weighted by Gasteiger charge is -2.26. The number of nitro benzene ring substituents is 1. The van der Waals surface area contributed by atoms with Crippen LogP contribution >= 0.6 is 23.2 Å². The topological polar surface area (TPSA) is 128 Å². The number of carbonyl (C=O) groups is 3. The van der Waals surface area contributed by atoms with Crippen molar-refractivity contribution in [2.45, 2.75) is 20.0 Å². The fourth-order valence-electron chi connectivity index (χ4n) is 4.05. The van der Waals surface area contributed by atoms with Gasteiger partial charge in [0.2, 0.25) is 0 Å². The summed E-state index contributed by atoms with van der Waals surface area (Å²) >= 11 is 12.0. The summed E-state index contributed by atoms with van der Waals surface area (Å²) in [5.74, 6) is -0.946. The molecule has 0 unspecified atom stereocenters. The van der Waals surface area contributed by atoms with Gasteiger partial charge in [-0.15, -0.1) is 6.58 Å². The Balaban J connectivity index is 1.70. The number of nitrogens with one attached hydrogen (secondary N) is 1. The van der Waals surface area contributed by atoms with Gasteiger partial charge >= 0.3 is 6.03 Å². The minimum atomic E-state index is -0.923. The molecule has 3 aromatic carbocycles. The van der Waals surface area contributed by atoms with Crippen molar-refractivity contribution in [2.24, 2.45) is 0 Å². The summed E-state index contributed by atoms with van der Waals surface area (Å²) in [5.41, 5.74) is 1.61. The molecule has 3 aromatic rings. The van der Waals surface area contributed by atoms with Crippen LogP contribution in [0.1, 0.15) is 23.6 Å². The van der Waals surface area contributed by atoms with E-state index in [-0.39, 0.29) is 33.6 Å². The second-order valence-electron chi connectivity index (χ2n) is 8.70. The van der Waals surface area contributed by atoms with Crippen molar-refractivity contribution in [1.82, 2.24) is 5.32 Å². The van der Waals surface area contributed by atoms with Crippen LogP contribution in [-0.2, 0) is 22.6 Å². The fraction of sp³-hybridized carbons (Fsp3) is 0.138. The van der Waals surface area contributed by atoms with E-state index in [9.17, 15) is 24.5 Å². The summed E-state index contributed by atoms with van der Waals surface area (Å²) in [6.45, 7) is 5.98. The van der Waals surface area contributed by atoms with Gasteiger partial charge in [-0.25, -0.2) is 9.69 Å². The van der Waals surface area contributed by atoms with E-state index in [1.165, 1.54) is 36.4 Å². The van der Waals surface area contributed by atoms with Crippen molar-refractivity contribution in [1.29, 1.82) is 0 Å². The normalized spacial score (nSPS) is 14.2. The first-order valence-corrected chi connectivity index (χ1v) is 13.0. The molecule has 0 aliphatic carbocycles. The van der Waals surface area contributed by atoms with E-state index in [0.717, 1.165) is 4.90 Å². The highest BCUT2D eigenvalue weighted by atomic mass is 35.5. The number of urea groups is 1. The first-order valence-electron chi connectivity index (χ1n) is 12.3. The van der Waals surface area contributed by atoms with Gasteiger partial charge in [-0.1, -0.05) is 29.3 Å². The Bertz CT molecular complexity index is 1590. The summed E-state index contributed by atoms with van der Waals surface area (Å²) in [7, 11) is 0. The molecule has 41 heavy (non-hydrogen) atoms. The number of halogens is 2. The summed E-state index contributed by atoms with van der Waals surface area (Å²) in [6, 6.07) is 12.6. The highest BCUT2D eigenvalue weighted by molar-refractivity contribution is 6.43. The van der Waals surface area contributed by atoms with Crippen LogP contribution in [0.5, 0.6) is 11.5 Å². The second-order valence-corrected chi connectivity index (χ2v) is 9.52. The quantitative estimate of drug-likeness (QED) is 0.0960. The van der Waals surface area contributed by atoms with Gasteiger partial charge in [-0.3, -0.25) is 25.0 Å². The van der Waals surface area contributed by atoms with Crippen LogP contribution in [-0.4, -0.2) is 29.4 Å². The number of ether oxygens (including phenoxy) is 2. The Morgan fingerprint density at radius 3 is 2.39 bits per heavy atom. The largest absolute Gasteiger partial charge is 0.490 e. The molecule has 0 spiro atoms. The molecule has 4 rings (SSSR count). The summed E-state index contributed by atoms with van der Waals surface area (Å²) in [6.07, 6.45) is 3.37. The molecular weight excluding hydrogens is 573 g/mol. The van der Waals surface area contributed by atoms with Crippen LogP contribution in [0.2, 0.25) is 10.0 Å². The van der Waals surface area contributed by atoms with Crippen LogP contribution in [0.15, 0.2) is 72.8 Å². The first kappa shape index (κ1) is 29.3. The molecule has 0 bridgehead atoms. The number of non-ortho nitro benzene ring substituents is 1. The van der Waals surface area contributed by atoms with E-state index in [4.69, 9.17) is 32.7 Å². The molecule has 1 N–H and O–H groups in total. The SMILES string of the molecule is C=CCc1cc(/C=C2\C(=O)NC(=O)N(c3ccc(Cl)c(Cl)c3)C2=O)cc(OCC)c1OCc1ccc([N+](=O)[O-])cc1. The Labute approximate surface area is 244 Å². The maximum atomic E-state index is 13.3. The van der Waals surface area contributed by atoms with Crippen LogP contribution < -0.4 is 19.7 Å². The number of carbonyl (C=O) groups excluding carboxylic acids is 3. The average Bonchev–Trinajstić information content (AvgIpc) is 2.93. The van der Waals surface area contributed by atoms with E-state index in [0.29, 0.717) is 41.2 Å². The zero-order valence-corrected chi connectivity index (χ0v) is 23.2. The summed E-state index contributed by atoms with van der Waals surface area (Å²) in [5, 5.41) is 13.5. The number of allylic oxidation sites excluding steroid dienone is 1. The second kappa shape index (κ2) is 12.7. The van der Waals surface area contributed by atoms with Crippen LogP contribution in [0.25, 0.3) is 6.08 Å². The van der Waals surface area contributed by atoms with Crippen LogP contribution in [0.4, 0.5) is 16.2 Å². The molecule has 1 saturated heterocycles. The molecule has 1 fully saturated rings. The third-order valence-corrected chi connectivity index (χ3v) is 6.66. The van der Waals surface area contributed by atoms with Gasteiger partial charge < -0.3 is 9.47 Å². The average molecular weight is 596 g/mol. The minimum absolute atomic E-state index is 0.0331. The number of amides is 4. The molecule has 0 saturated carbocycles. The van der Waals surface area contributed by atoms with E-state index in [1.54, 1.807) is 37.3 Å². The third-order valence-electron chi connectivity index (χ3n) is 5.92. The van der Waals surface area contributed by atoms with Crippen LogP contribution in [0, 0.1) is 10.1 Å². The summed E-state index contributed by atoms with van der Waals surface area (Å²) in [4.78, 5) is 49.9. The minimum Gasteiger partial charge on any atom is -0.490 e. The Hall–Kier alpha value is -4.67. The molecular formula is C29H23Cl2N3O7. The first-order chi connectivity index (χ1) is 19.6. The lowest BCUT2D eigenvalue weighted by atomic mass is 10.0. The van der Waals surface area contributed by atoms with Gasteiger partial charge in [-0.05, 0) is 73.0 Å². The van der Waals surface area contributed by atoms with Crippen molar-refractivity contribution in [2.75, 3.05) is 11.5 Å². The summed E-state index contributed by atoms with van der Waals surface area (Å²) < 4.78 is 11.9. The van der Waals surface area contributed by atoms with Gasteiger partial charge in [0.05, 0.1) is 27.3 Å². The molecule has 0 atom stereocenters. The Morgan fingerprint density at radius 2 is 1.76 bits per heavy atom. The number of imide groups is 2. The van der Waals surface area contributed by atoms with Gasteiger partial charge in [0.1, 0.15) is 12.2 Å². The van der Waals surface area contributed by atoms with Crippen molar-refractivity contribution in [3.05, 3.63) is 110 Å². The highest BCUT2D eigenvalue weighted by Crippen LogP contribution is 2.36. The van der Waals surface area contributed by atoms with E-state index in [1.807, 2.05) is 0 Å². The van der Waals surface area contributed by atoms with Crippen molar-refractivity contribution < 1.29 is 28.8 Å².